The molecule has 8 heteroatoms. The summed E-state index contributed by atoms with van der Waals surface area (Å²) >= 11 is 1.65. The Bertz CT molecular complexity index is 1040. The molecule has 2 saturated heterocycles. The van der Waals surface area contributed by atoms with Gasteiger partial charge in [0.25, 0.3) is 0 Å². The van der Waals surface area contributed by atoms with Gasteiger partial charge in [-0.15, -0.1) is 11.3 Å². The van der Waals surface area contributed by atoms with Crippen LogP contribution in [0.5, 0.6) is 0 Å². The first-order valence-electron chi connectivity index (χ1n) is 13.6. The lowest BCUT2D eigenvalue weighted by atomic mass is 9.82. The summed E-state index contributed by atoms with van der Waals surface area (Å²) in [4.78, 5) is 36.9. The van der Waals surface area contributed by atoms with Gasteiger partial charge in [-0.1, -0.05) is 49.6 Å². The third kappa shape index (κ3) is 5.36. The van der Waals surface area contributed by atoms with Gasteiger partial charge in [0.05, 0.1) is 17.8 Å². The average molecular weight is 510 g/mol. The molecule has 7 nitrogen and oxygen atoms in total. The number of nitrogens with zero attached hydrogens (tertiary/aromatic N) is 3. The van der Waals surface area contributed by atoms with Crippen LogP contribution in [-0.4, -0.2) is 71.4 Å². The van der Waals surface area contributed by atoms with E-state index in [1.54, 1.807) is 18.4 Å². The Morgan fingerprint density at radius 2 is 1.83 bits per heavy atom. The Labute approximate surface area is 218 Å². The lowest BCUT2D eigenvalue weighted by Gasteiger charge is -2.45. The molecule has 0 spiro atoms. The summed E-state index contributed by atoms with van der Waals surface area (Å²) in [6.45, 7) is 4.46. The number of benzene rings is 1. The zero-order valence-corrected chi connectivity index (χ0v) is 22.3. The molecular weight excluding hydrogens is 470 g/mol. The fourth-order valence-corrected chi connectivity index (χ4v) is 7.02. The molecule has 0 bridgehead atoms. The highest BCUT2D eigenvalue weighted by Crippen LogP contribution is 2.37. The third-order valence-electron chi connectivity index (χ3n) is 8.36. The normalized spacial score (nSPS) is 24.8. The molecule has 1 aliphatic carbocycles. The molecule has 2 aromatic rings. The van der Waals surface area contributed by atoms with Gasteiger partial charge in [-0.3, -0.25) is 14.5 Å². The summed E-state index contributed by atoms with van der Waals surface area (Å²) in [5, 5.41) is 9.30. The monoisotopic (exact) mass is 509 g/mol. The predicted molar refractivity (Wildman–Crippen MR) is 144 cm³/mol. The van der Waals surface area contributed by atoms with Gasteiger partial charge in [-0.25, -0.2) is 4.98 Å². The number of piperazine rings is 1. The lowest BCUT2D eigenvalue weighted by molar-refractivity contribution is -0.144. The second-order valence-corrected chi connectivity index (χ2v) is 11.5. The summed E-state index contributed by atoms with van der Waals surface area (Å²) in [6, 6.07) is 9.74. The number of amides is 2. The molecule has 36 heavy (non-hydrogen) atoms. The van der Waals surface area contributed by atoms with E-state index in [9.17, 15) is 9.59 Å². The fraction of sp³-hybridized carbons (Fsp3) is 0.607. The van der Waals surface area contributed by atoms with Gasteiger partial charge < -0.3 is 15.5 Å². The van der Waals surface area contributed by atoms with Gasteiger partial charge in [0.2, 0.25) is 11.8 Å². The van der Waals surface area contributed by atoms with Crippen LogP contribution in [0.3, 0.4) is 0 Å². The number of likely N-dealkylation sites (N-methyl/N-ethyl adjacent to an activating group) is 1. The predicted octanol–water partition coefficient (Wildman–Crippen LogP) is 3.83. The highest BCUT2D eigenvalue weighted by molar-refractivity contribution is 7.10. The molecule has 2 amide bonds. The molecule has 3 fully saturated rings. The largest absolute Gasteiger partial charge is 0.343 e. The van der Waals surface area contributed by atoms with Crippen molar-refractivity contribution in [1.82, 2.24) is 25.4 Å². The SMILES string of the molecule is CN[C@@H](C)C(=O)N[C@H](C(=O)N1C[C@H]2CCCN2C[C@H]1c1nc(-c2ccccc2)cs1)C1CCCCC1. The van der Waals surface area contributed by atoms with Crippen LogP contribution in [0.1, 0.15) is 62.9 Å². The summed E-state index contributed by atoms with van der Waals surface area (Å²) in [6.07, 6.45) is 7.75. The average Bonchev–Trinajstić information content (AvgIpc) is 3.60. The number of thiazole rings is 1. The number of hydrogen-bond acceptors (Lipinski definition) is 6. The topological polar surface area (TPSA) is 77.6 Å². The van der Waals surface area contributed by atoms with Crippen LogP contribution in [0.15, 0.2) is 35.7 Å². The molecule has 1 aromatic carbocycles. The van der Waals surface area contributed by atoms with E-state index in [1.165, 1.54) is 12.8 Å². The minimum atomic E-state index is -0.474. The zero-order chi connectivity index (χ0) is 25.1. The summed E-state index contributed by atoms with van der Waals surface area (Å²) in [5.74, 6) is 0.169. The summed E-state index contributed by atoms with van der Waals surface area (Å²) in [5.41, 5.74) is 2.06. The van der Waals surface area contributed by atoms with E-state index in [2.05, 4.69) is 37.9 Å². The highest BCUT2D eigenvalue weighted by Gasteiger charge is 2.44. The first-order valence-corrected chi connectivity index (χ1v) is 14.5. The van der Waals surface area contributed by atoms with Crippen molar-refractivity contribution in [2.45, 2.75) is 76.0 Å². The van der Waals surface area contributed by atoms with E-state index in [-0.39, 0.29) is 29.8 Å². The van der Waals surface area contributed by atoms with E-state index in [1.807, 2.05) is 25.1 Å². The minimum Gasteiger partial charge on any atom is -0.343 e. The van der Waals surface area contributed by atoms with E-state index < -0.39 is 6.04 Å². The third-order valence-corrected chi connectivity index (χ3v) is 9.31. The van der Waals surface area contributed by atoms with Crippen LogP contribution in [0.25, 0.3) is 11.3 Å². The molecule has 1 aromatic heterocycles. The Balaban J connectivity index is 1.44. The van der Waals surface area contributed by atoms with Gasteiger partial charge in [-0.2, -0.15) is 0 Å². The van der Waals surface area contributed by atoms with Crippen molar-refractivity contribution < 1.29 is 9.59 Å². The Hall–Kier alpha value is -2.29. The van der Waals surface area contributed by atoms with Crippen molar-refractivity contribution >= 4 is 23.2 Å². The maximum Gasteiger partial charge on any atom is 0.246 e. The Morgan fingerprint density at radius 3 is 2.58 bits per heavy atom. The minimum absolute atomic E-state index is 0.0755. The lowest BCUT2D eigenvalue weighted by Crippen LogP contribution is -2.60. The van der Waals surface area contributed by atoms with Crippen LogP contribution in [0.2, 0.25) is 0 Å². The number of rotatable bonds is 7. The van der Waals surface area contributed by atoms with Crippen LogP contribution in [0.4, 0.5) is 0 Å². The number of carbonyl (C=O) groups is 2. The van der Waals surface area contributed by atoms with Crippen molar-refractivity contribution in [1.29, 1.82) is 0 Å². The van der Waals surface area contributed by atoms with Gasteiger partial charge in [-0.05, 0) is 52.1 Å². The molecule has 194 valence electrons. The summed E-state index contributed by atoms with van der Waals surface area (Å²) in [7, 11) is 1.78. The number of hydrogen-bond donors (Lipinski definition) is 2. The van der Waals surface area contributed by atoms with Crippen molar-refractivity contribution in [3.63, 3.8) is 0 Å². The van der Waals surface area contributed by atoms with Crippen LogP contribution < -0.4 is 10.6 Å². The molecule has 5 rings (SSSR count). The number of aromatic nitrogens is 1. The Kier molecular flexibility index (Phi) is 8.03. The highest BCUT2D eigenvalue weighted by atomic mass is 32.1. The van der Waals surface area contributed by atoms with Gasteiger partial charge >= 0.3 is 0 Å². The second-order valence-electron chi connectivity index (χ2n) is 10.6. The molecule has 4 atom stereocenters. The van der Waals surface area contributed by atoms with Crippen molar-refractivity contribution in [2.75, 3.05) is 26.7 Å². The molecule has 2 N–H and O–H groups in total. The summed E-state index contributed by atoms with van der Waals surface area (Å²) < 4.78 is 0. The van der Waals surface area contributed by atoms with Gasteiger partial charge in [0, 0.05) is 30.1 Å². The van der Waals surface area contributed by atoms with E-state index in [0.717, 1.165) is 61.5 Å². The number of carbonyl (C=O) groups excluding carboxylic acids is 2. The quantitative estimate of drug-likeness (QED) is 0.593. The van der Waals surface area contributed by atoms with Gasteiger partial charge in [0.15, 0.2) is 0 Å². The maximum atomic E-state index is 14.3. The standard InChI is InChI=1S/C28H39N5O2S/c1-19(29-2)26(34)31-25(21-12-7-4-8-13-21)28(35)33-16-22-14-9-15-32(22)17-24(33)27-30-23(18-36-27)20-10-5-3-6-11-20/h3,5-6,10-11,18-19,21-22,24-25,29H,4,7-9,12-17H2,1-2H3,(H,31,34)/t19-,22+,24-,25-/m0/s1. The van der Waals surface area contributed by atoms with E-state index >= 15 is 0 Å². The van der Waals surface area contributed by atoms with Gasteiger partial charge in [0.1, 0.15) is 11.0 Å². The molecule has 3 heterocycles. The van der Waals surface area contributed by atoms with Crippen molar-refractivity contribution in [3.05, 3.63) is 40.7 Å². The zero-order valence-electron chi connectivity index (χ0n) is 21.5. The molecular formula is C28H39N5O2S. The van der Waals surface area contributed by atoms with Crippen LogP contribution >= 0.6 is 11.3 Å². The number of nitrogens with one attached hydrogen (secondary N) is 2. The maximum absolute atomic E-state index is 14.3. The smallest absolute Gasteiger partial charge is 0.246 e. The molecule has 0 radical (unpaired) electrons. The van der Waals surface area contributed by atoms with Crippen LogP contribution in [-0.2, 0) is 9.59 Å². The molecule has 1 saturated carbocycles. The van der Waals surface area contributed by atoms with Crippen molar-refractivity contribution in [2.24, 2.45) is 5.92 Å². The van der Waals surface area contributed by atoms with E-state index in [0.29, 0.717) is 12.6 Å². The van der Waals surface area contributed by atoms with Crippen molar-refractivity contribution in [3.8, 4) is 11.3 Å². The van der Waals surface area contributed by atoms with Crippen LogP contribution in [0, 0.1) is 5.92 Å². The molecule has 0 unspecified atom stereocenters. The Morgan fingerprint density at radius 1 is 1.06 bits per heavy atom. The van der Waals surface area contributed by atoms with E-state index in [4.69, 9.17) is 4.98 Å². The first kappa shape index (κ1) is 25.4. The molecule has 2 aliphatic heterocycles. The fourth-order valence-electron chi connectivity index (χ4n) is 6.09. The first-order chi connectivity index (χ1) is 17.5. The molecule has 3 aliphatic rings. The second kappa shape index (κ2) is 11.4. The number of fused-ring (bicyclic) bond motifs is 1.